The van der Waals surface area contributed by atoms with Crippen LogP contribution in [0.15, 0.2) is 30.3 Å². The first-order valence-corrected chi connectivity index (χ1v) is 7.60. The third-order valence-corrected chi connectivity index (χ3v) is 4.18. The van der Waals surface area contributed by atoms with Gasteiger partial charge in [-0.25, -0.2) is 0 Å². The van der Waals surface area contributed by atoms with Gasteiger partial charge in [0.25, 0.3) is 0 Å². The highest BCUT2D eigenvalue weighted by Gasteiger charge is 2.23. The van der Waals surface area contributed by atoms with Crippen LogP contribution in [0.2, 0.25) is 0 Å². The Hall–Kier alpha value is -0.820. The lowest BCUT2D eigenvalue weighted by atomic mass is 9.99. The summed E-state index contributed by atoms with van der Waals surface area (Å²) in [5, 5.41) is 3.90. The van der Waals surface area contributed by atoms with E-state index < -0.39 is 0 Å². The van der Waals surface area contributed by atoms with Gasteiger partial charge >= 0.3 is 0 Å². The van der Waals surface area contributed by atoms with Gasteiger partial charge in [0.1, 0.15) is 0 Å². The van der Waals surface area contributed by atoms with Gasteiger partial charge < -0.3 is 5.32 Å². The van der Waals surface area contributed by atoms with Gasteiger partial charge in [-0.1, -0.05) is 57.0 Å². The zero-order valence-electron chi connectivity index (χ0n) is 11.9. The highest BCUT2D eigenvalue weighted by atomic mass is 15.0. The molecule has 1 aliphatic carbocycles. The summed E-state index contributed by atoms with van der Waals surface area (Å²) in [6.07, 6.45) is 7.98. The Bertz CT molecular complexity index is 333. The zero-order chi connectivity index (χ0) is 12.8. The quantitative estimate of drug-likeness (QED) is 0.766. The summed E-state index contributed by atoms with van der Waals surface area (Å²) in [4.78, 5) is 0. The average molecular weight is 245 g/mol. The minimum absolute atomic E-state index is 0.557. The first-order valence-electron chi connectivity index (χ1n) is 7.60. The number of hydrogen-bond donors (Lipinski definition) is 1. The van der Waals surface area contributed by atoms with E-state index in [1.54, 1.807) is 0 Å². The fraction of sp³-hybridized carbons (Fsp3) is 0.647. The Kier molecular flexibility index (Phi) is 5.25. The van der Waals surface area contributed by atoms with E-state index in [0.717, 1.165) is 12.0 Å². The van der Waals surface area contributed by atoms with E-state index in [2.05, 4.69) is 49.5 Å². The normalized spacial score (nSPS) is 25.2. The van der Waals surface area contributed by atoms with Crippen molar-refractivity contribution in [2.45, 2.75) is 64.5 Å². The van der Waals surface area contributed by atoms with Crippen LogP contribution in [0.1, 0.15) is 64.0 Å². The molecular weight excluding hydrogens is 218 g/mol. The van der Waals surface area contributed by atoms with Crippen LogP contribution in [0.25, 0.3) is 0 Å². The van der Waals surface area contributed by atoms with E-state index in [1.807, 2.05) is 0 Å². The van der Waals surface area contributed by atoms with Crippen molar-refractivity contribution in [3.05, 3.63) is 35.9 Å². The molecule has 0 aromatic heterocycles. The molecule has 100 valence electrons. The lowest BCUT2D eigenvalue weighted by Crippen LogP contribution is -2.31. The first-order chi connectivity index (χ1) is 8.79. The molecule has 1 heteroatoms. The van der Waals surface area contributed by atoms with Crippen molar-refractivity contribution in [3.8, 4) is 0 Å². The number of nitrogens with one attached hydrogen (secondary N) is 1. The maximum atomic E-state index is 3.90. The van der Waals surface area contributed by atoms with E-state index in [1.165, 1.54) is 44.1 Å². The first kappa shape index (κ1) is 13.6. The molecule has 0 aliphatic heterocycles. The van der Waals surface area contributed by atoms with Crippen LogP contribution in [0.4, 0.5) is 0 Å². The van der Waals surface area contributed by atoms with Gasteiger partial charge in [-0.15, -0.1) is 0 Å². The third-order valence-electron chi connectivity index (χ3n) is 4.18. The van der Waals surface area contributed by atoms with Crippen LogP contribution >= 0.6 is 0 Å². The van der Waals surface area contributed by atoms with Crippen molar-refractivity contribution < 1.29 is 0 Å². The van der Waals surface area contributed by atoms with E-state index in [0.29, 0.717) is 6.04 Å². The maximum absolute atomic E-state index is 3.90. The summed E-state index contributed by atoms with van der Waals surface area (Å²) in [5.74, 6) is 0.907. The summed E-state index contributed by atoms with van der Waals surface area (Å²) in [7, 11) is 0. The van der Waals surface area contributed by atoms with Crippen molar-refractivity contribution in [1.82, 2.24) is 5.32 Å². The molecule has 1 nitrogen and oxygen atoms in total. The molecule has 3 atom stereocenters. The van der Waals surface area contributed by atoms with Gasteiger partial charge in [-0.05, 0) is 37.2 Å². The molecule has 0 bridgehead atoms. The van der Waals surface area contributed by atoms with Gasteiger partial charge in [-0.2, -0.15) is 0 Å². The number of benzene rings is 1. The third kappa shape index (κ3) is 3.84. The van der Waals surface area contributed by atoms with Crippen LogP contribution in [0.5, 0.6) is 0 Å². The van der Waals surface area contributed by atoms with Gasteiger partial charge in [0.2, 0.25) is 0 Å². The largest absolute Gasteiger partial charge is 0.307 e. The van der Waals surface area contributed by atoms with Crippen LogP contribution < -0.4 is 5.32 Å². The highest BCUT2D eigenvalue weighted by molar-refractivity contribution is 5.19. The Morgan fingerprint density at radius 1 is 1.22 bits per heavy atom. The minimum Gasteiger partial charge on any atom is -0.307 e. The van der Waals surface area contributed by atoms with Crippen molar-refractivity contribution in [3.63, 3.8) is 0 Å². The van der Waals surface area contributed by atoms with Crippen molar-refractivity contribution >= 4 is 0 Å². The topological polar surface area (TPSA) is 12.0 Å². The zero-order valence-corrected chi connectivity index (χ0v) is 11.9. The Labute approximate surface area is 112 Å². The molecule has 0 heterocycles. The Balaban J connectivity index is 1.96. The summed E-state index contributed by atoms with van der Waals surface area (Å²) in [6.45, 7) is 4.66. The van der Waals surface area contributed by atoms with Crippen LogP contribution in [0.3, 0.4) is 0 Å². The molecule has 0 saturated heterocycles. The molecule has 1 aliphatic rings. The maximum Gasteiger partial charge on any atom is 0.0322 e. The van der Waals surface area contributed by atoms with Crippen LogP contribution in [-0.2, 0) is 0 Å². The Morgan fingerprint density at radius 2 is 2.00 bits per heavy atom. The minimum atomic E-state index is 0.557. The summed E-state index contributed by atoms with van der Waals surface area (Å²) in [5.41, 5.74) is 1.46. The molecule has 0 amide bonds. The second kappa shape index (κ2) is 6.94. The molecule has 1 fully saturated rings. The molecular formula is C17H27N. The number of rotatable bonds is 6. The van der Waals surface area contributed by atoms with E-state index in [9.17, 15) is 0 Å². The molecule has 1 saturated carbocycles. The lowest BCUT2D eigenvalue weighted by Gasteiger charge is -2.23. The Morgan fingerprint density at radius 3 is 2.61 bits per heavy atom. The second-order valence-corrected chi connectivity index (χ2v) is 5.89. The molecule has 0 radical (unpaired) electrons. The second-order valence-electron chi connectivity index (χ2n) is 5.89. The fourth-order valence-corrected chi connectivity index (χ4v) is 3.08. The molecule has 18 heavy (non-hydrogen) atoms. The highest BCUT2D eigenvalue weighted by Crippen LogP contribution is 2.28. The van der Waals surface area contributed by atoms with Crippen LogP contribution in [0, 0.1) is 5.92 Å². The SMILES string of the molecule is CCCCC(NC1CCC(C)C1)c1ccccc1. The van der Waals surface area contributed by atoms with Gasteiger partial charge in [-0.3, -0.25) is 0 Å². The standard InChI is InChI=1S/C17H27N/c1-3-4-10-17(15-8-6-5-7-9-15)18-16-12-11-14(2)13-16/h5-9,14,16-18H,3-4,10-13H2,1-2H3. The number of unbranched alkanes of at least 4 members (excludes halogenated alkanes) is 1. The van der Waals surface area contributed by atoms with Gasteiger partial charge in [0.15, 0.2) is 0 Å². The lowest BCUT2D eigenvalue weighted by molar-refractivity contribution is 0.403. The van der Waals surface area contributed by atoms with E-state index in [4.69, 9.17) is 0 Å². The molecule has 1 aromatic rings. The predicted octanol–water partition coefficient (Wildman–Crippen LogP) is 4.70. The summed E-state index contributed by atoms with van der Waals surface area (Å²) >= 11 is 0. The fourth-order valence-electron chi connectivity index (χ4n) is 3.08. The van der Waals surface area contributed by atoms with Crippen molar-refractivity contribution in [1.29, 1.82) is 0 Å². The molecule has 3 unspecified atom stereocenters. The average Bonchev–Trinajstić information content (AvgIpc) is 2.81. The predicted molar refractivity (Wildman–Crippen MR) is 78.6 cm³/mol. The van der Waals surface area contributed by atoms with E-state index >= 15 is 0 Å². The molecule has 2 rings (SSSR count). The van der Waals surface area contributed by atoms with Gasteiger partial charge in [0.05, 0.1) is 0 Å². The van der Waals surface area contributed by atoms with Crippen LogP contribution in [-0.4, -0.2) is 6.04 Å². The smallest absolute Gasteiger partial charge is 0.0322 e. The monoisotopic (exact) mass is 245 g/mol. The summed E-state index contributed by atoms with van der Waals surface area (Å²) < 4.78 is 0. The van der Waals surface area contributed by atoms with Crippen molar-refractivity contribution in [2.75, 3.05) is 0 Å². The molecule has 0 spiro atoms. The summed E-state index contributed by atoms with van der Waals surface area (Å²) in [6, 6.07) is 12.3. The van der Waals surface area contributed by atoms with E-state index in [-0.39, 0.29) is 0 Å². The number of hydrogen-bond acceptors (Lipinski definition) is 1. The molecule has 1 aromatic carbocycles. The molecule has 1 N–H and O–H groups in total. The van der Waals surface area contributed by atoms with Crippen molar-refractivity contribution in [2.24, 2.45) is 5.92 Å². The van der Waals surface area contributed by atoms with Gasteiger partial charge in [0, 0.05) is 12.1 Å².